The van der Waals surface area contributed by atoms with Crippen molar-refractivity contribution < 1.29 is 4.74 Å². The molecule has 3 nitrogen and oxygen atoms in total. The Morgan fingerprint density at radius 1 is 1.53 bits per heavy atom. The van der Waals surface area contributed by atoms with Crippen LogP contribution in [-0.2, 0) is 6.54 Å². The van der Waals surface area contributed by atoms with E-state index < -0.39 is 0 Å². The standard InChI is InChI=1S/C14H20N2O/c1-6-12(7-2)15-9-13-11(4)14(17-5)10(3)8-16-13/h1,8,12,15H,7,9H2,2-5H3. The largest absolute Gasteiger partial charge is 0.496 e. The highest BCUT2D eigenvalue weighted by Crippen LogP contribution is 2.23. The SMILES string of the molecule is C#CC(CC)NCc1ncc(C)c(OC)c1C. The lowest BCUT2D eigenvalue weighted by atomic mass is 10.1. The van der Waals surface area contributed by atoms with E-state index in [1.54, 1.807) is 7.11 Å². The highest BCUT2D eigenvalue weighted by atomic mass is 16.5. The van der Waals surface area contributed by atoms with Gasteiger partial charge in [-0.3, -0.25) is 10.3 Å². The summed E-state index contributed by atoms with van der Waals surface area (Å²) in [6, 6.07) is 0.100. The second-order valence-corrected chi connectivity index (χ2v) is 4.05. The van der Waals surface area contributed by atoms with Crippen LogP contribution in [0.5, 0.6) is 5.75 Å². The smallest absolute Gasteiger partial charge is 0.128 e. The summed E-state index contributed by atoms with van der Waals surface area (Å²) < 4.78 is 5.37. The van der Waals surface area contributed by atoms with Gasteiger partial charge in [-0.05, 0) is 20.3 Å². The molecule has 0 aliphatic heterocycles. The number of pyridine rings is 1. The van der Waals surface area contributed by atoms with E-state index in [-0.39, 0.29) is 6.04 Å². The van der Waals surface area contributed by atoms with Gasteiger partial charge in [0.15, 0.2) is 0 Å². The molecular weight excluding hydrogens is 212 g/mol. The number of nitrogens with zero attached hydrogens (tertiary/aromatic N) is 1. The van der Waals surface area contributed by atoms with Gasteiger partial charge in [-0.1, -0.05) is 12.8 Å². The first-order valence-corrected chi connectivity index (χ1v) is 5.82. The quantitative estimate of drug-likeness (QED) is 0.790. The van der Waals surface area contributed by atoms with Gasteiger partial charge in [0.1, 0.15) is 5.75 Å². The van der Waals surface area contributed by atoms with Crippen LogP contribution >= 0.6 is 0 Å². The number of ether oxygens (including phenoxy) is 1. The first-order chi connectivity index (χ1) is 8.13. The molecule has 0 radical (unpaired) electrons. The Balaban J connectivity index is 2.83. The Hall–Kier alpha value is -1.53. The van der Waals surface area contributed by atoms with Gasteiger partial charge >= 0.3 is 0 Å². The van der Waals surface area contributed by atoms with Gasteiger partial charge in [-0.2, -0.15) is 0 Å². The van der Waals surface area contributed by atoms with Gasteiger partial charge < -0.3 is 4.74 Å². The van der Waals surface area contributed by atoms with E-state index >= 15 is 0 Å². The number of aromatic nitrogens is 1. The fourth-order valence-electron chi connectivity index (χ4n) is 1.79. The topological polar surface area (TPSA) is 34.2 Å². The highest BCUT2D eigenvalue weighted by Gasteiger charge is 2.10. The minimum atomic E-state index is 0.100. The Labute approximate surface area is 104 Å². The van der Waals surface area contributed by atoms with Crippen molar-refractivity contribution in [3.05, 3.63) is 23.0 Å². The van der Waals surface area contributed by atoms with Crippen LogP contribution < -0.4 is 10.1 Å². The van der Waals surface area contributed by atoms with Gasteiger partial charge in [0, 0.05) is 23.9 Å². The third kappa shape index (κ3) is 3.21. The second-order valence-electron chi connectivity index (χ2n) is 4.05. The van der Waals surface area contributed by atoms with E-state index in [0.29, 0.717) is 6.54 Å². The summed E-state index contributed by atoms with van der Waals surface area (Å²) in [4.78, 5) is 4.42. The zero-order chi connectivity index (χ0) is 12.8. The number of nitrogens with one attached hydrogen (secondary N) is 1. The molecule has 0 aliphatic carbocycles. The van der Waals surface area contributed by atoms with Gasteiger partial charge in [-0.15, -0.1) is 6.42 Å². The molecule has 1 heterocycles. The lowest BCUT2D eigenvalue weighted by Crippen LogP contribution is -2.27. The van der Waals surface area contributed by atoms with Crippen LogP contribution in [0, 0.1) is 26.2 Å². The molecule has 0 spiro atoms. The van der Waals surface area contributed by atoms with Gasteiger partial charge in [-0.25, -0.2) is 0 Å². The van der Waals surface area contributed by atoms with Crippen LogP contribution in [0.15, 0.2) is 6.20 Å². The summed E-state index contributed by atoms with van der Waals surface area (Å²) in [6.07, 6.45) is 8.16. The molecule has 1 unspecified atom stereocenters. The first kappa shape index (κ1) is 13.5. The van der Waals surface area contributed by atoms with Crippen LogP contribution in [0.25, 0.3) is 0 Å². The van der Waals surface area contributed by atoms with E-state index in [0.717, 1.165) is 29.0 Å². The molecule has 0 saturated carbocycles. The maximum Gasteiger partial charge on any atom is 0.128 e. The zero-order valence-corrected chi connectivity index (χ0v) is 11.0. The Morgan fingerprint density at radius 2 is 2.24 bits per heavy atom. The highest BCUT2D eigenvalue weighted by molar-refractivity contribution is 5.41. The van der Waals surface area contributed by atoms with Crippen molar-refractivity contribution in [2.45, 2.75) is 39.8 Å². The Bertz CT molecular complexity index is 421. The molecule has 0 aliphatic rings. The molecule has 3 heteroatoms. The van der Waals surface area contributed by atoms with Crippen molar-refractivity contribution in [1.29, 1.82) is 0 Å². The molecule has 0 fully saturated rings. The molecule has 1 aromatic heterocycles. The molecular formula is C14H20N2O. The lowest BCUT2D eigenvalue weighted by molar-refractivity contribution is 0.406. The van der Waals surface area contributed by atoms with Crippen LogP contribution in [0.3, 0.4) is 0 Å². The van der Waals surface area contributed by atoms with E-state index in [9.17, 15) is 0 Å². The molecule has 1 N–H and O–H groups in total. The number of methoxy groups -OCH3 is 1. The van der Waals surface area contributed by atoms with E-state index in [4.69, 9.17) is 11.2 Å². The van der Waals surface area contributed by atoms with Gasteiger partial charge in [0.25, 0.3) is 0 Å². The van der Waals surface area contributed by atoms with E-state index in [1.807, 2.05) is 20.0 Å². The van der Waals surface area contributed by atoms with E-state index in [1.165, 1.54) is 0 Å². The second kappa shape index (κ2) is 6.27. The predicted octanol–water partition coefficient (Wildman–Crippen LogP) is 2.21. The van der Waals surface area contributed by atoms with Gasteiger partial charge in [0.05, 0.1) is 18.8 Å². The van der Waals surface area contributed by atoms with Crippen molar-refractivity contribution in [2.24, 2.45) is 0 Å². The Kier molecular flexibility index (Phi) is 4.99. The molecule has 0 amide bonds. The summed E-state index contributed by atoms with van der Waals surface area (Å²) in [7, 11) is 1.68. The normalized spacial score (nSPS) is 11.9. The molecule has 0 bridgehead atoms. The monoisotopic (exact) mass is 232 g/mol. The van der Waals surface area contributed by atoms with Crippen LogP contribution in [0.1, 0.15) is 30.2 Å². The third-order valence-electron chi connectivity index (χ3n) is 2.88. The van der Waals surface area contributed by atoms with Crippen molar-refractivity contribution in [3.8, 4) is 18.1 Å². The number of aryl methyl sites for hydroxylation is 1. The first-order valence-electron chi connectivity index (χ1n) is 5.82. The minimum Gasteiger partial charge on any atom is -0.496 e. The third-order valence-corrected chi connectivity index (χ3v) is 2.88. The lowest BCUT2D eigenvalue weighted by Gasteiger charge is -2.14. The van der Waals surface area contributed by atoms with Gasteiger partial charge in [0.2, 0.25) is 0 Å². The summed E-state index contributed by atoms with van der Waals surface area (Å²) in [5.74, 6) is 3.62. The molecule has 17 heavy (non-hydrogen) atoms. The molecule has 0 saturated heterocycles. The molecule has 1 aromatic rings. The van der Waals surface area contributed by atoms with E-state index in [2.05, 4.69) is 23.1 Å². The number of hydrogen-bond acceptors (Lipinski definition) is 3. The number of rotatable bonds is 5. The average Bonchev–Trinajstić information content (AvgIpc) is 2.33. The predicted molar refractivity (Wildman–Crippen MR) is 70.0 cm³/mol. The zero-order valence-electron chi connectivity index (χ0n) is 11.0. The summed E-state index contributed by atoms with van der Waals surface area (Å²) in [6.45, 7) is 6.75. The van der Waals surface area contributed by atoms with Crippen molar-refractivity contribution in [3.63, 3.8) is 0 Å². The van der Waals surface area contributed by atoms with Crippen molar-refractivity contribution >= 4 is 0 Å². The molecule has 1 atom stereocenters. The maximum atomic E-state index is 5.41. The summed E-state index contributed by atoms with van der Waals surface area (Å²) in [5.41, 5.74) is 3.12. The van der Waals surface area contributed by atoms with Crippen LogP contribution in [-0.4, -0.2) is 18.1 Å². The fourth-order valence-corrected chi connectivity index (χ4v) is 1.79. The van der Waals surface area contributed by atoms with Crippen molar-refractivity contribution in [2.75, 3.05) is 7.11 Å². The van der Waals surface area contributed by atoms with Crippen LogP contribution in [0.4, 0.5) is 0 Å². The number of hydrogen-bond donors (Lipinski definition) is 1. The summed E-state index contributed by atoms with van der Waals surface area (Å²) in [5, 5.41) is 3.29. The molecule has 0 aromatic carbocycles. The minimum absolute atomic E-state index is 0.100. The number of terminal acetylenes is 1. The maximum absolute atomic E-state index is 5.41. The molecule has 1 rings (SSSR count). The summed E-state index contributed by atoms with van der Waals surface area (Å²) >= 11 is 0. The average molecular weight is 232 g/mol. The van der Waals surface area contributed by atoms with Crippen molar-refractivity contribution in [1.82, 2.24) is 10.3 Å². The molecule has 92 valence electrons. The fraction of sp³-hybridized carbons (Fsp3) is 0.500. The van der Waals surface area contributed by atoms with Crippen LogP contribution in [0.2, 0.25) is 0 Å². The Morgan fingerprint density at radius 3 is 2.76 bits per heavy atom.